The number of aromatic nitrogens is 2. The lowest BCUT2D eigenvalue weighted by atomic mass is 9.45. The number of hydrogen-bond acceptors (Lipinski definition) is 9. The van der Waals surface area contributed by atoms with E-state index >= 15 is 0 Å². The Balaban J connectivity index is 0.000000204. The largest absolute Gasteiger partial charge is 0.393 e. The molecule has 1 aromatic heterocycles. The number of Topliss-reactive ketones (excluding diaryl/α,β-unsaturated/α-hetero) is 1. The second-order valence-electron chi connectivity index (χ2n) is 11.6. The number of nitrogens with zero attached hydrogens (tertiary/aromatic N) is 2. The first-order valence-corrected chi connectivity index (χ1v) is 13.5. The molecule has 0 bridgehead atoms. The van der Waals surface area contributed by atoms with Crippen molar-refractivity contribution in [1.29, 1.82) is 0 Å². The summed E-state index contributed by atoms with van der Waals surface area (Å²) in [6, 6.07) is 7.79. The van der Waals surface area contributed by atoms with E-state index in [1.807, 2.05) is 24.3 Å². The molecule has 0 radical (unpaired) electrons. The Bertz CT molecular complexity index is 1280. The van der Waals surface area contributed by atoms with Crippen LogP contribution in [0, 0.1) is 34.5 Å². The molecule has 7 atom stereocenters. The van der Waals surface area contributed by atoms with E-state index in [1.165, 1.54) is 0 Å². The smallest absolute Gasteiger partial charge is 0.170 e. The first-order chi connectivity index (χ1) is 18.3. The molecule has 1 heterocycles. The SMILES string of the molecule is C[C@]12CCC(=O)C=C1CC[C@@H]1[C@@H]2[C@@H](O)C[C@]2(C=O)[C@@H](C(=O)CO)CC[C@@H]12.NNc1nncc2ccccc12. The maximum absolute atomic E-state index is 12.3. The van der Waals surface area contributed by atoms with E-state index in [1.54, 1.807) is 12.3 Å². The molecule has 3 saturated carbocycles. The topological polar surface area (TPSA) is 156 Å². The van der Waals surface area contributed by atoms with E-state index in [2.05, 4.69) is 22.5 Å². The molecule has 9 nitrogen and oxygen atoms in total. The lowest BCUT2D eigenvalue weighted by molar-refractivity contribution is -0.157. The number of carbonyl (C=O) groups is 3. The molecule has 1 aromatic carbocycles. The van der Waals surface area contributed by atoms with E-state index in [0.29, 0.717) is 25.1 Å². The second-order valence-corrected chi connectivity index (χ2v) is 11.6. The van der Waals surface area contributed by atoms with E-state index in [4.69, 9.17) is 5.84 Å². The van der Waals surface area contributed by atoms with Gasteiger partial charge in [0.15, 0.2) is 17.4 Å². The van der Waals surface area contributed by atoms with Crippen molar-refractivity contribution in [1.82, 2.24) is 10.2 Å². The highest BCUT2D eigenvalue weighted by molar-refractivity contribution is 5.92. The van der Waals surface area contributed by atoms with Crippen LogP contribution in [0.5, 0.6) is 0 Å². The number of aldehydes is 1. The molecule has 3 fully saturated rings. The Morgan fingerprint density at radius 1 is 1.24 bits per heavy atom. The fourth-order valence-electron chi connectivity index (χ4n) is 8.31. The third kappa shape index (κ3) is 4.17. The van der Waals surface area contributed by atoms with Gasteiger partial charge >= 0.3 is 0 Å². The van der Waals surface area contributed by atoms with Crippen LogP contribution in [0.2, 0.25) is 0 Å². The number of carbonyl (C=O) groups excluding carboxylic acids is 3. The quantitative estimate of drug-likeness (QED) is 0.270. The van der Waals surface area contributed by atoms with Crippen molar-refractivity contribution in [3.05, 3.63) is 42.1 Å². The van der Waals surface area contributed by atoms with Crippen LogP contribution in [0.25, 0.3) is 10.8 Å². The number of rotatable bonds is 4. The third-order valence-corrected chi connectivity index (χ3v) is 9.97. The predicted octanol–water partition coefficient (Wildman–Crippen LogP) is 2.76. The Morgan fingerprint density at radius 2 is 2.03 bits per heavy atom. The molecule has 4 aliphatic rings. The summed E-state index contributed by atoms with van der Waals surface area (Å²) in [5.41, 5.74) is 2.64. The lowest BCUT2D eigenvalue weighted by Gasteiger charge is -2.59. The van der Waals surface area contributed by atoms with Gasteiger partial charge in [0.25, 0.3) is 0 Å². The summed E-state index contributed by atoms with van der Waals surface area (Å²) in [7, 11) is 0. The molecule has 6 rings (SSSR count). The van der Waals surface area contributed by atoms with Gasteiger partial charge in [-0.05, 0) is 67.8 Å². The molecular weight excluding hydrogens is 484 g/mol. The van der Waals surface area contributed by atoms with Gasteiger partial charge in [0.1, 0.15) is 12.9 Å². The third-order valence-electron chi connectivity index (χ3n) is 9.97. The molecule has 0 amide bonds. The van der Waals surface area contributed by atoms with Crippen molar-refractivity contribution in [3.63, 3.8) is 0 Å². The molecule has 0 aliphatic heterocycles. The highest BCUT2D eigenvalue weighted by Crippen LogP contribution is 2.66. The average Bonchev–Trinajstić information content (AvgIpc) is 3.32. The van der Waals surface area contributed by atoms with E-state index in [9.17, 15) is 24.6 Å². The lowest BCUT2D eigenvalue weighted by Crippen LogP contribution is -2.58. The van der Waals surface area contributed by atoms with Crippen molar-refractivity contribution in [2.75, 3.05) is 12.0 Å². The fraction of sp³-hybridized carbons (Fsp3) is 0.552. The summed E-state index contributed by atoms with van der Waals surface area (Å²) < 4.78 is 0. The van der Waals surface area contributed by atoms with E-state index in [0.717, 1.165) is 48.3 Å². The molecule has 202 valence electrons. The summed E-state index contributed by atoms with van der Waals surface area (Å²) in [4.78, 5) is 36.4. The van der Waals surface area contributed by atoms with Gasteiger partial charge in [-0.15, -0.1) is 5.10 Å². The number of hydrazine groups is 1. The number of nitrogen functional groups attached to an aromatic ring is 1. The van der Waals surface area contributed by atoms with Crippen molar-refractivity contribution >= 4 is 34.4 Å². The van der Waals surface area contributed by atoms with Gasteiger partial charge in [0.2, 0.25) is 0 Å². The van der Waals surface area contributed by atoms with Crippen molar-refractivity contribution in [2.24, 2.45) is 40.3 Å². The van der Waals surface area contributed by atoms with Gasteiger partial charge in [-0.3, -0.25) is 9.59 Å². The zero-order valence-corrected chi connectivity index (χ0v) is 21.7. The van der Waals surface area contributed by atoms with Gasteiger partial charge in [-0.1, -0.05) is 36.8 Å². The summed E-state index contributed by atoms with van der Waals surface area (Å²) in [6.45, 7) is 1.63. The molecular formula is C29H36N4O5. The maximum Gasteiger partial charge on any atom is 0.170 e. The minimum Gasteiger partial charge on any atom is -0.393 e. The fourth-order valence-corrected chi connectivity index (χ4v) is 8.31. The summed E-state index contributed by atoms with van der Waals surface area (Å²) in [5, 5.41) is 30.1. The number of nitrogens with one attached hydrogen (secondary N) is 1. The molecule has 0 saturated heterocycles. The van der Waals surface area contributed by atoms with Crippen LogP contribution in [0.1, 0.15) is 51.9 Å². The van der Waals surface area contributed by atoms with Crippen LogP contribution in [0.4, 0.5) is 5.82 Å². The van der Waals surface area contributed by atoms with Crippen LogP contribution in [-0.2, 0) is 14.4 Å². The molecule has 2 aromatic rings. The zero-order chi connectivity index (χ0) is 27.1. The number of benzene rings is 1. The Hall–Kier alpha value is -3.01. The van der Waals surface area contributed by atoms with Crippen LogP contribution in [-0.4, -0.2) is 51.0 Å². The van der Waals surface area contributed by atoms with Crippen LogP contribution < -0.4 is 11.3 Å². The molecule has 38 heavy (non-hydrogen) atoms. The van der Waals surface area contributed by atoms with Crippen molar-refractivity contribution in [3.8, 4) is 0 Å². The Morgan fingerprint density at radius 3 is 2.76 bits per heavy atom. The van der Waals surface area contributed by atoms with Crippen molar-refractivity contribution in [2.45, 2.75) is 58.0 Å². The monoisotopic (exact) mass is 520 g/mol. The molecule has 0 spiro atoms. The predicted molar refractivity (Wildman–Crippen MR) is 141 cm³/mol. The highest BCUT2D eigenvalue weighted by Gasteiger charge is 2.64. The number of nitrogens with two attached hydrogens (primary N) is 1. The number of hydrogen-bond donors (Lipinski definition) is 4. The van der Waals surface area contributed by atoms with Crippen molar-refractivity contribution < 1.29 is 24.6 Å². The molecule has 0 unspecified atom stereocenters. The standard InChI is InChI=1S/C21H28O5.C8H8N4/c1-20-7-6-13(24)8-12(20)2-3-14-15-4-5-16(18(26)10-22)21(15,11-23)9-17(25)19(14)20;9-11-8-7-4-2-1-3-6(7)5-10-12-8/h8,11,14-17,19,22,25H,2-7,9-10H2,1H3;1-5H,9H2,(H,11,12)/t14-,15-,16+,17-,19+,20-,21+;/m0./s1. The summed E-state index contributed by atoms with van der Waals surface area (Å²) in [6.07, 6.45) is 8.45. The maximum atomic E-state index is 12.3. The number of allylic oxidation sites excluding steroid dienone is 1. The van der Waals surface area contributed by atoms with Crippen LogP contribution in [0.15, 0.2) is 42.1 Å². The first kappa shape index (κ1) is 26.6. The average molecular weight is 521 g/mol. The van der Waals surface area contributed by atoms with Gasteiger partial charge in [0, 0.05) is 28.5 Å². The zero-order valence-electron chi connectivity index (χ0n) is 21.7. The molecule has 9 heteroatoms. The van der Waals surface area contributed by atoms with E-state index in [-0.39, 0.29) is 34.7 Å². The number of anilines is 1. The summed E-state index contributed by atoms with van der Waals surface area (Å²) >= 11 is 0. The Labute approximate surface area is 221 Å². The van der Waals surface area contributed by atoms with Gasteiger partial charge in [0.05, 0.1) is 12.3 Å². The summed E-state index contributed by atoms with van der Waals surface area (Å²) in [5.74, 6) is 5.63. The molecule has 4 aliphatic carbocycles. The first-order valence-electron chi connectivity index (χ1n) is 13.5. The number of aliphatic hydroxyl groups excluding tert-OH is 2. The minimum atomic E-state index is -0.831. The van der Waals surface area contributed by atoms with Gasteiger partial charge in [-0.25, -0.2) is 5.84 Å². The van der Waals surface area contributed by atoms with Crippen LogP contribution >= 0.6 is 0 Å². The number of fused-ring (bicyclic) bond motifs is 6. The van der Waals surface area contributed by atoms with Crippen LogP contribution in [0.3, 0.4) is 0 Å². The second kappa shape index (κ2) is 10.3. The number of aliphatic hydroxyl groups is 2. The molecule has 5 N–H and O–H groups in total. The van der Waals surface area contributed by atoms with E-state index < -0.39 is 24.0 Å². The number of ketones is 2. The highest BCUT2D eigenvalue weighted by atomic mass is 16.3. The minimum absolute atomic E-state index is 0.0386. The normalized spacial score (nSPS) is 35.6. The van der Waals surface area contributed by atoms with Gasteiger partial charge < -0.3 is 20.4 Å². The Kier molecular flexibility index (Phi) is 7.19. The van der Waals surface area contributed by atoms with Gasteiger partial charge in [-0.2, -0.15) is 5.10 Å².